The van der Waals surface area contributed by atoms with E-state index in [4.69, 9.17) is 10.5 Å². The molecule has 0 atom stereocenters. The molecule has 0 heterocycles. The summed E-state index contributed by atoms with van der Waals surface area (Å²) in [6, 6.07) is 3.47. The summed E-state index contributed by atoms with van der Waals surface area (Å²) in [7, 11) is 0. The molecule has 0 aromatic carbocycles. The fraction of sp³-hybridized carbons (Fsp3) is 0.500. The third kappa shape index (κ3) is 5.14. The van der Waals surface area contributed by atoms with Gasteiger partial charge in [-0.2, -0.15) is 35.8 Å². The second-order valence-corrected chi connectivity index (χ2v) is 2.67. The Kier molecular flexibility index (Phi) is 9.34. The van der Waals surface area contributed by atoms with Gasteiger partial charge in [0.25, 0.3) is 0 Å². The van der Waals surface area contributed by atoms with E-state index in [2.05, 4.69) is 25.3 Å². The zero-order chi connectivity index (χ0) is 6.57. The van der Waals surface area contributed by atoms with Gasteiger partial charge in [0.2, 0.25) is 0 Å². The van der Waals surface area contributed by atoms with Crippen molar-refractivity contribution < 1.29 is 0 Å². The number of rotatable bonds is 1. The Hall–Kier alpha value is 0.680. The third-order valence-corrected chi connectivity index (χ3v) is 1.17. The summed E-state index contributed by atoms with van der Waals surface area (Å²) >= 11 is 7.54. The molecule has 9 heavy (non-hydrogen) atoms. The summed E-state index contributed by atoms with van der Waals surface area (Å²) < 4.78 is -0.454. The molecule has 0 spiro atoms. The molecule has 0 aliphatic rings. The van der Waals surface area contributed by atoms with E-state index in [0.29, 0.717) is 0 Å². The zero-order valence-corrected chi connectivity index (χ0v) is 5.73. The van der Waals surface area contributed by atoms with E-state index in [1.807, 2.05) is 0 Å². The van der Waals surface area contributed by atoms with Gasteiger partial charge in [-0.25, -0.2) is 0 Å². The summed E-state index contributed by atoms with van der Waals surface area (Å²) in [5.74, 6) is -0.707. The molecular weight excluding hydrogens is 163 g/mol. The summed E-state index contributed by atoms with van der Waals surface area (Å²) in [5.41, 5.74) is 0. The molecule has 44 valence electrons. The number of nitriles is 2. The van der Waals surface area contributed by atoms with Crippen LogP contribution in [0.25, 0.3) is 0 Å². The minimum atomic E-state index is -0.707. The third-order valence-electron chi connectivity index (χ3n) is 0.576. The standard InChI is InChI=1S/C4H4N2S2.Na.H/c5-1-3(2-6)4(7)8;;/h3-4,7-8H;;. The van der Waals surface area contributed by atoms with E-state index in [0.717, 1.165) is 0 Å². The van der Waals surface area contributed by atoms with Crippen molar-refractivity contribution in [2.24, 2.45) is 5.92 Å². The number of hydrogen-bond acceptors (Lipinski definition) is 4. The minimum absolute atomic E-state index is 0. The van der Waals surface area contributed by atoms with E-state index >= 15 is 0 Å². The van der Waals surface area contributed by atoms with Gasteiger partial charge < -0.3 is 0 Å². The van der Waals surface area contributed by atoms with Crippen molar-refractivity contribution in [1.82, 2.24) is 0 Å². The van der Waals surface area contributed by atoms with Gasteiger partial charge in [0.05, 0.1) is 16.7 Å². The Morgan fingerprint density at radius 3 is 1.44 bits per heavy atom. The van der Waals surface area contributed by atoms with Crippen molar-refractivity contribution in [2.75, 3.05) is 0 Å². The van der Waals surface area contributed by atoms with Crippen LogP contribution in [0.5, 0.6) is 0 Å². The molecule has 0 aromatic rings. The first-order valence-electron chi connectivity index (χ1n) is 1.87. The average molecular weight is 168 g/mol. The van der Waals surface area contributed by atoms with Gasteiger partial charge in [-0.15, -0.1) is 0 Å². The Morgan fingerprint density at radius 1 is 1.11 bits per heavy atom. The molecule has 0 aliphatic heterocycles. The van der Waals surface area contributed by atoms with Crippen LogP contribution in [0.2, 0.25) is 0 Å². The maximum absolute atomic E-state index is 8.13. The Bertz CT molecular complexity index is 132. The fourth-order valence-electron chi connectivity index (χ4n) is 0.162. The molecule has 0 saturated heterocycles. The first-order chi connectivity index (χ1) is 3.72. The van der Waals surface area contributed by atoms with Crippen LogP contribution in [-0.2, 0) is 0 Å². The summed E-state index contributed by atoms with van der Waals surface area (Å²) in [5, 5.41) is 16.3. The molecule has 5 heteroatoms. The summed E-state index contributed by atoms with van der Waals surface area (Å²) in [4.78, 5) is 0. The van der Waals surface area contributed by atoms with Crippen molar-refractivity contribution >= 4 is 54.8 Å². The second kappa shape index (κ2) is 6.80. The Balaban J connectivity index is 0. The molecule has 0 N–H and O–H groups in total. The molecule has 0 aliphatic carbocycles. The SMILES string of the molecule is N#CC(C#N)C(S)S.[NaH]. The van der Waals surface area contributed by atoms with Crippen LogP contribution in [0, 0.1) is 28.6 Å². The van der Waals surface area contributed by atoms with Gasteiger partial charge in [-0.3, -0.25) is 0 Å². The Morgan fingerprint density at radius 2 is 1.44 bits per heavy atom. The molecule has 0 fully saturated rings. The normalized spacial score (nSPS) is 7.78. The van der Waals surface area contributed by atoms with Gasteiger partial charge in [0.15, 0.2) is 5.92 Å². The predicted octanol–water partition coefficient (Wildman–Crippen LogP) is 0.187. The van der Waals surface area contributed by atoms with Crippen molar-refractivity contribution in [3.63, 3.8) is 0 Å². The first-order valence-corrected chi connectivity index (χ1v) is 2.91. The van der Waals surface area contributed by atoms with E-state index < -0.39 is 10.5 Å². The van der Waals surface area contributed by atoms with Gasteiger partial charge >= 0.3 is 29.6 Å². The van der Waals surface area contributed by atoms with Gasteiger partial charge in [0, 0.05) is 0 Å². The average Bonchev–Trinajstić information content (AvgIpc) is 1.69. The number of nitrogens with zero attached hydrogens (tertiary/aromatic N) is 2. The van der Waals surface area contributed by atoms with E-state index in [-0.39, 0.29) is 29.6 Å². The molecule has 0 radical (unpaired) electrons. The molecule has 0 bridgehead atoms. The quantitative estimate of drug-likeness (QED) is 0.333. The molecule has 0 amide bonds. The number of hydrogen-bond donors (Lipinski definition) is 2. The van der Waals surface area contributed by atoms with Crippen LogP contribution in [-0.4, -0.2) is 34.1 Å². The van der Waals surface area contributed by atoms with Crippen molar-refractivity contribution in [3.8, 4) is 12.1 Å². The van der Waals surface area contributed by atoms with E-state index in [9.17, 15) is 0 Å². The van der Waals surface area contributed by atoms with E-state index in [1.165, 1.54) is 0 Å². The maximum atomic E-state index is 8.13. The first kappa shape index (κ1) is 12.4. The molecule has 2 nitrogen and oxygen atoms in total. The summed E-state index contributed by atoms with van der Waals surface area (Å²) in [6.07, 6.45) is 0. The molecule has 0 rings (SSSR count). The molecular formula is C4H5N2NaS2. The predicted molar refractivity (Wildman–Crippen MR) is 43.6 cm³/mol. The van der Waals surface area contributed by atoms with Gasteiger partial charge in [-0.1, -0.05) is 0 Å². The van der Waals surface area contributed by atoms with Crippen LogP contribution in [0.1, 0.15) is 0 Å². The van der Waals surface area contributed by atoms with Gasteiger partial charge in [0.1, 0.15) is 0 Å². The second-order valence-electron chi connectivity index (χ2n) is 1.15. The summed E-state index contributed by atoms with van der Waals surface area (Å²) in [6.45, 7) is 0. The topological polar surface area (TPSA) is 47.6 Å². The van der Waals surface area contributed by atoms with Crippen LogP contribution < -0.4 is 0 Å². The Labute approximate surface area is 87.3 Å². The number of thiol groups is 2. The van der Waals surface area contributed by atoms with Gasteiger partial charge in [-0.05, 0) is 0 Å². The molecule has 0 aromatic heterocycles. The van der Waals surface area contributed by atoms with Crippen molar-refractivity contribution in [3.05, 3.63) is 0 Å². The zero-order valence-electron chi connectivity index (χ0n) is 3.94. The fourth-order valence-corrected chi connectivity index (χ4v) is 0.429. The van der Waals surface area contributed by atoms with Crippen molar-refractivity contribution in [2.45, 2.75) is 4.58 Å². The monoisotopic (exact) mass is 168 g/mol. The van der Waals surface area contributed by atoms with E-state index in [1.54, 1.807) is 12.1 Å². The van der Waals surface area contributed by atoms with Crippen LogP contribution >= 0.6 is 25.3 Å². The molecule has 0 saturated carbocycles. The van der Waals surface area contributed by atoms with Crippen LogP contribution in [0.3, 0.4) is 0 Å². The molecule has 0 unspecified atom stereocenters. The van der Waals surface area contributed by atoms with Crippen LogP contribution in [0.15, 0.2) is 0 Å². The van der Waals surface area contributed by atoms with Crippen LogP contribution in [0.4, 0.5) is 0 Å². The van der Waals surface area contributed by atoms with Crippen molar-refractivity contribution in [1.29, 1.82) is 10.5 Å².